The number of fused-ring (bicyclic) bond motifs is 1. The van der Waals surface area contributed by atoms with Gasteiger partial charge in [-0.2, -0.15) is 0 Å². The van der Waals surface area contributed by atoms with Crippen LogP contribution in [-0.4, -0.2) is 0 Å². The molecule has 0 spiro atoms. The zero-order valence-electron chi connectivity index (χ0n) is 15.7. The summed E-state index contributed by atoms with van der Waals surface area (Å²) >= 11 is 0. The largest absolute Gasteiger partial charge is 0.0654 e. The van der Waals surface area contributed by atoms with Crippen molar-refractivity contribution >= 4 is 6.08 Å². The summed E-state index contributed by atoms with van der Waals surface area (Å²) in [6.45, 7) is 9.16. The fourth-order valence-electron chi connectivity index (χ4n) is 3.93. The molecule has 0 saturated carbocycles. The van der Waals surface area contributed by atoms with E-state index < -0.39 is 0 Å². The predicted molar refractivity (Wildman–Crippen MR) is 107 cm³/mol. The summed E-state index contributed by atoms with van der Waals surface area (Å²) in [5.74, 6) is 0.548. The minimum Gasteiger partial charge on any atom is -0.0654 e. The molecule has 2 aromatic carbocycles. The van der Waals surface area contributed by atoms with Crippen LogP contribution in [0.1, 0.15) is 75.1 Å². The average Bonchev–Trinajstić information content (AvgIpc) is 3.01. The first-order valence-corrected chi connectivity index (χ1v) is 9.59. The lowest BCUT2D eigenvalue weighted by Crippen LogP contribution is -1.99. The molecule has 0 radical (unpaired) electrons. The lowest BCUT2D eigenvalue weighted by molar-refractivity contribution is 0.779. The molecule has 1 aliphatic carbocycles. The van der Waals surface area contributed by atoms with Crippen molar-refractivity contribution in [3.8, 4) is 11.1 Å². The molecule has 0 heterocycles. The van der Waals surface area contributed by atoms with Gasteiger partial charge in [0.05, 0.1) is 0 Å². The molecule has 3 rings (SSSR count). The molecule has 0 atom stereocenters. The average molecular weight is 319 g/mol. The van der Waals surface area contributed by atoms with E-state index in [0.29, 0.717) is 5.92 Å². The third-order valence-electron chi connectivity index (χ3n) is 5.27. The van der Waals surface area contributed by atoms with Crippen LogP contribution in [0.2, 0.25) is 0 Å². The number of hydrogen-bond acceptors (Lipinski definition) is 0. The Morgan fingerprint density at radius 3 is 2.50 bits per heavy atom. The van der Waals surface area contributed by atoms with E-state index in [4.69, 9.17) is 0 Å². The Balaban J connectivity index is 2.15. The fraction of sp³-hybridized carbons (Fsp3) is 0.417. The molecule has 24 heavy (non-hydrogen) atoms. The maximum atomic E-state index is 2.50. The van der Waals surface area contributed by atoms with Crippen molar-refractivity contribution in [2.75, 3.05) is 0 Å². The Kier molecular flexibility index (Phi) is 5.23. The van der Waals surface area contributed by atoms with Crippen molar-refractivity contribution in [3.63, 3.8) is 0 Å². The Morgan fingerprint density at radius 1 is 1.00 bits per heavy atom. The Hall–Kier alpha value is -1.82. The van der Waals surface area contributed by atoms with Gasteiger partial charge in [-0.05, 0) is 65.0 Å². The summed E-state index contributed by atoms with van der Waals surface area (Å²) in [7, 11) is 0. The summed E-state index contributed by atoms with van der Waals surface area (Å²) in [5, 5.41) is 0. The fourth-order valence-corrected chi connectivity index (χ4v) is 3.93. The molecule has 0 amide bonds. The van der Waals surface area contributed by atoms with Gasteiger partial charge in [0.25, 0.3) is 0 Å². The second-order valence-electron chi connectivity index (χ2n) is 7.35. The first-order chi connectivity index (χ1) is 11.7. The number of hydrogen-bond donors (Lipinski definition) is 0. The minimum absolute atomic E-state index is 0.548. The molecular weight excluding hydrogens is 288 g/mol. The number of benzene rings is 2. The van der Waals surface area contributed by atoms with E-state index in [1.807, 2.05) is 0 Å². The lowest BCUT2D eigenvalue weighted by atomic mass is 9.86. The molecule has 1 aliphatic rings. The van der Waals surface area contributed by atoms with Crippen molar-refractivity contribution in [1.82, 2.24) is 0 Å². The zero-order valence-corrected chi connectivity index (χ0v) is 15.7. The van der Waals surface area contributed by atoms with Gasteiger partial charge in [-0.25, -0.2) is 0 Å². The SMILES string of the molecule is CCCCC1=Cc2c(ccc(CC)c2-c2ccccc2C(C)C)C1. The molecule has 0 nitrogen and oxygen atoms in total. The van der Waals surface area contributed by atoms with Crippen LogP contribution in [0.25, 0.3) is 17.2 Å². The molecule has 0 aliphatic heterocycles. The normalized spacial score (nSPS) is 13.3. The van der Waals surface area contributed by atoms with Crippen LogP contribution in [0.4, 0.5) is 0 Å². The third kappa shape index (κ3) is 3.20. The molecule has 2 aromatic rings. The summed E-state index contributed by atoms with van der Waals surface area (Å²) < 4.78 is 0. The Bertz CT molecular complexity index is 747. The van der Waals surface area contributed by atoms with Crippen molar-refractivity contribution < 1.29 is 0 Å². The van der Waals surface area contributed by atoms with Crippen LogP contribution in [0.5, 0.6) is 0 Å². The molecule has 0 fully saturated rings. The van der Waals surface area contributed by atoms with E-state index in [1.165, 1.54) is 52.6 Å². The van der Waals surface area contributed by atoms with Gasteiger partial charge < -0.3 is 0 Å². The van der Waals surface area contributed by atoms with E-state index in [-0.39, 0.29) is 0 Å². The zero-order chi connectivity index (χ0) is 17.1. The first-order valence-electron chi connectivity index (χ1n) is 9.59. The minimum atomic E-state index is 0.548. The van der Waals surface area contributed by atoms with Crippen LogP contribution in [0.3, 0.4) is 0 Å². The second-order valence-corrected chi connectivity index (χ2v) is 7.35. The van der Waals surface area contributed by atoms with Gasteiger partial charge in [0.15, 0.2) is 0 Å². The maximum absolute atomic E-state index is 2.50. The predicted octanol–water partition coefficient (Wildman–Crippen LogP) is 7.17. The van der Waals surface area contributed by atoms with E-state index in [0.717, 1.165) is 12.8 Å². The van der Waals surface area contributed by atoms with Gasteiger partial charge in [0, 0.05) is 0 Å². The highest BCUT2D eigenvalue weighted by Gasteiger charge is 2.21. The monoisotopic (exact) mass is 318 g/mol. The molecule has 126 valence electrons. The number of rotatable bonds is 6. The molecule has 0 N–H and O–H groups in total. The van der Waals surface area contributed by atoms with Crippen LogP contribution in [0.15, 0.2) is 42.0 Å². The van der Waals surface area contributed by atoms with E-state index in [1.54, 1.807) is 5.57 Å². The van der Waals surface area contributed by atoms with Crippen LogP contribution in [0, 0.1) is 0 Å². The second kappa shape index (κ2) is 7.38. The van der Waals surface area contributed by atoms with Gasteiger partial charge in [0.2, 0.25) is 0 Å². The van der Waals surface area contributed by atoms with E-state index in [2.05, 4.69) is 70.2 Å². The van der Waals surface area contributed by atoms with Crippen molar-refractivity contribution in [1.29, 1.82) is 0 Å². The number of allylic oxidation sites excluding steroid dienone is 1. The van der Waals surface area contributed by atoms with E-state index >= 15 is 0 Å². The highest BCUT2D eigenvalue weighted by Crippen LogP contribution is 2.40. The van der Waals surface area contributed by atoms with Gasteiger partial charge >= 0.3 is 0 Å². The molecule has 0 saturated heterocycles. The standard InChI is InChI=1S/C24H30/c1-5-7-10-18-15-20-14-13-19(6-2)24(23(20)16-18)22-12-9-8-11-21(22)17(3)4/h8-9,11-14,16-17H,5-7,10,15H2,1-4H3. The first kappa shape index (κ1) is 17.0. The van der Waals surface area contributed by atoms with Gasteiger partial charge in [-0.3, -0.25) is 0 Å². The van der Waals surface area contributed by atoms with Gasteiger partial charge in [-0.1, -0.05) is 82.2 Å². The topological polar surface area (TPSA) is 0 Å². The van der Waals surface area contributed by atoms with Crippen molar-refractivity contribution in [2.45, 2.75) is 65.7 Å². The molecular formula is C24H30. The summed E-state index contributed by atoms with van der Waals surface area (Å²) in [5.41, 5.74) is 10.5. The molecule has 0 heteroatoms. The summed E-state index contributed by atoms with van der Waals surface area (Å²) in [6.07, 6.45) is 8.56. The highest BCUT2D eigenvalue weighted by molar-refractivity contribution is 5.84. The van der Waals surface area contributed by atoms with Crippen LogP contribution >= 0.6 is 0 Å². The smallest absolute Gasteiger partial charge is 0.00576 e. The maximum Gasteiger partial charge on any atom is -0.00576 e. The van der Waals surface area contributed by atoms with Crippen LogP contribution < -0.4 is 0 Å². The number of aryl methyl sites for hydroxylation is 1. The lowest BCUT2D eigenvalue weighted by Gasteiger charge is -2.18. The van der Waals surface area contributed by atoms with Gasteiger partial charge in [0.1, 0.15) is 0 Å². The Labute approximate surface area is 147 Å². The van der Waals surface area contributed by atoms with Crippen molar-refractivity contribution in [3.05, 3.63) is 64.2 Å². The van der Waals surface area contributed by atoms with Crippen LogP contribution in [-0.2, 0) is 12.8 Å². The molecule has 0 unspecified atom stereocenters. The van der Waals surface area contributed by atoms with Crippen molar-refractivity contribution in [2.24, 2.45) is 0 Å². The molecule has 0 bridgehead atoms. The third-order valence-corrected chi connectivity index (χ3v) is 5.27. The highest BCUT2D eigenvalue weighted by atomic mass is 14.2. The summed E-state index contributed by atoms with van der Waals surface area (Å²) in [6, 6.07) is 13.7. The summed E-state index contributed by atoms with van der Waals surface area (Å²) in [4.78, 5) is 0. The molecule has 0 aromatic heterocycles. The Morgan fingerprint density at radius 2 is 1.79 bits per heavy atom. The number of unbranched alkanes of at least 4 members (excludes halogenated alkanes) is 1. The van der Waals surface area contributed by atoms with Gasteiger partial charge in [-0.15, -0.1) is 0 Å². The van der Waals surface area contributed by atoms with E-state index in [9.17, 15) is 0 Å². The quantitative estimate of drug-likeness (QED) is 0.529.